The van der Waals surface area contributed by atoms with E-state index in [9.17, 15) is 13.2 Å². The van der Waals surface area contributed by atoms with Gasteiger partial charge in [0.1, 0.15) is 18.1 Å². The summed E-state index contributed by atoms with van der Waals surface area (Å²) in [7, 11) is 1.59. The monoisotopic (exact) mass is 331 g/mol. The molecule has 0 spiro atoms. The average Bonchev–Trinajstić information content (AvgIpc) is 2.46. The molecule has 22 heavy (non-hydrogen) atoms. The molecule has 1 aromatic heterocycles. The number of halogens is 4. The van der Waals surface area contributed by atoms with Crippen molar-refractivity contribution in [1.29, 1.82) is 0 Å². The van der Waals surface area contributed by atoms with Crippen LogP contribution in [-0.2, 0) is 6.18 Å². The number of rotatable bonds is 5. The van der Waals surface area contributed by atoms with Gasteiger partial charge < -0.3 is 9.64 Å². The first-order valence-electron chi connectivity index (χ1n) is 6.36. The Hall–Kier alpha value is -2.02. The van der Waals surface area contributed by atoms with Gasteiger partial charge in [-0.15, -0.1) is 0 Å². The van der Waals surface area contributed by atoms with Crippen LogP contribution < -0.4 is 9.64 Å². The second kappa shape index (κ2) is 6.83. The van der Waals surface area contributed by atoms with Gasteiger partial charge in [0.15, 0.2) is 0 Å². The summed E-state index contributed by atoms with van der Waals surface area (Å²) >= 11 is 5.83. The fraction of sp³-hybridized carbons (Fsp3) is 0.286. The molecule has 0 atom stereocenters. The first-order chi connectivity index (χ1) is 10.4. The van der Waals surface area contributed by atoms with E-state index in [4.69, 9.17) is 16.3 Å². The molecule has 0 fully saturated rings. The number of nitrogens with zero attached hydrogens (tertiary/aromatic N) is 3. The predicted octanol–water partition coefficient (Wildman–Crippen LogP) is 3.66. The number of ether oxygens (including phenoxy) is 1. The van der Waals surface area contributed by atoms with E-state index < -0.39 is 11.9 Å². The highest BCUT2D eigenvalue weighted by atomic mass is 35.5. The van der Waals surface area contributed by atoms with Crippen molar-refractivity contribution in [3.8, 4) is 5.75 Å². The molecule has 118 valence electrons. The number of likely N-dealkylation sites (N-methyl/N-ethyl adjacent to an activating group) is 1. The smallest absolute Gasteiger partial charge is 0.433 e. The lowest BCUT2D eigenvalue weighted by molar-refractivity contribution is -0.141. The van der Waals surface area contributed by atoms with Gasteiger partial charge in [-0.05, 0) is 24.3 Å². The van der Waals surface area contributed by atoms with Gasteiger partial charge in [-0.3, -0.25) is 0 Å². The quantitative estimate of drug-likeness (QED) is 0.838. The standard InChI is InChI=1S/C14H13ClF3N3O/c1-21(7-8-22-11-4-2-3-10(15)9-11)13-19-6-5-12(20-13)14(16,17)18/h2-6,9H,7-8H2,1H3. The second-order valence-corrected chi connectivity index (χ2v) is 4.90. The van der Waals surface area contributed by atoms with Gasteiger partial charge in [-0.2, -0.15) is 13.2 Å². The Morgan fingerprint density at radius 3 is 2.73 bits per heavy atom. The van der Waals surface area contributed by atoms with Gasteiger partial charge in [0.2, 0.25) is 5.95 Å². The molecule has 0 aliphatic heterocycles. The highest BCUT2D eigenvalue weighted by molar-refractivity contribution is 6.30. The molecule has 0 amide bonds. The summed E-state index contributed by atoms with van der Waals surface area (Å²) in [5.74, 6) is 0.579. The Labute approximate surface area is 130 Å². The lowest BCUT2D eigenvalue weighted by Gasteiger charge is -2.18. The Balaban J connectivity index is 1.94. The highest BCUT2D eigenvalue weighted by Crippen LogP contribution is 2.27. The van der Waals surface area contributed by atoms with Crippen molar-refractivity contribution >= 4 is 17.5 Å². The van der Waals surface area contributed by atoms with Gasteiger partial charge in [0, 0.05) is 18.3 Å². The van der Waals surface area contributed by atoms with E-state index >= 15 is 0 Å². The SMILES string of the molecule is CN(CCOc1cccc(Cl)c1)c1nccc(C(F)(F)F)n1. The van der Waals surface area contributed by atoms with E-state index in [-0.39, 0.29) is 12.6 Å². The second-order valence-electron chi connectivity index (χ2n) is 4.47. The number of aromatic nitrogens is 2. The van der Waals surface area contributed by atoms with Crippen molar-refractivity contribution < 1.29 is 17.9 Å². The van der Waals surface area contributed by atoms with Gasteiger partial charge >= 0.3 is 6.18 Å². The Kier molecular flexibility index (Phi) is 5.07. The van der Waals surface area contributed by atoms with Gasteiger partial charge in [0.25, 0.3) is 0 Å². The topological polar surface area (TPSA) is 38.2 Å². The van der Waals surface area contributed by atoms with Crippen LogP contribution in [0.4, 0.5) is 19.1 Å². The molecule has 2 aromatic rings. The van der Waals surface area contributed by atoms with Crippen molar-refractivity contribution in [2.45, 2.75) is 6.18 Å². The normalized spacial score (nSPS) is 11.3. The van der Waals surface area contributed by atoms with Crippen LogP contribution >= 0.6 is 11.6 Å². The summed E-state index contributed by atoms with van der Waals surface area (Å²) in [6.07, 6.45) is -3.41. The van der Waals surface area contributed by atoms with E-state index in [0.29, 0.717) is 17.3 Å². The first-order valence-corrected chi connectivity index (χ1v) is 6.74. The fourth-order valence-corrected chi connectivity index (χ4v) is 1.83. The first kappa shape index (κ1) is 16.4. The molecule has 0 aliphatic rings. The van der Waals surface area contributed by atoms with Crippen molar-refractivity contribution in [3.05, 3.63) is 47.2 Å². The Morgan fingerprint density at radius 2 is 2.05 bits per heavy atom. The third-order valence-corrected chi connectivity index (χ3v) is 3.00. The molecule has 0 unspecified atom stereocenters. The van der Waals surface area contributed by atoms with Crippen molar-refractivity contribution in [2.75, 3.05) is 25.1 Å². The average molecular weight is 332 g/mol. The third kappa shape index (κ3) is 4.49. The van der Waals surface area contributed by atoms with E-state index in [2.05, 4.69) is 9.97 Å². The maximum atomic E-state index is 12.6. The maximum absolute atomic E-state index is 12.6. The molecule has 0 aliphatic carbocycles. The Morgan fingerprint density at radius 1 is 1.27 bits per heavy atom. The minimum atomic E-state index is -4.49. The molecule has 2 rings (SSSR count). The summed E-state index contributed by atoms with van der Waals surface area (Å²) in [5.41, 5.74) is -0.972. The number of hydrogen-bond acceptors (Lipinski definition) is 4. The van der Waals surface area contributed by atoms with Crippen LogP contribution in [0.25, 0.3) is 0 Å². The molecule has 0 saturated carbocycles. The molecule has 0 saturated heterocycles. The number of hydrogen-bond donors (Lipinski definition) is 0. The highest BCUT2D eigenvalue weighted by Gasteiger charge is 2.33. The zero-order chi connectivity index (χ0) is 16.2. The molecule has 4 nitrogen and oxygen atoms in total. The van der Waals surface area contributed by atoms with Crippen molar-refractivity contribution in [1.82, 2.24) is 9.97 Å². The summed E-state index contributed by atoms with van der Waals surface area (Å²) in [6, 6.07) is 7.70. The zero-order valence-electron chi connectivity index (χ0n) is 11.6. The third-order valence-electron chi connectivity index (χ3n) is 2.77. The molecule has 1 aromatic carbocycles. The van der Waals surface area contributed by atoms with Gasteiger partial charge in [-0.1, -0.05) is 17.7 Å². The van der Waals surface area contributed by atoms with Crippen LogP contribution in [-0.4, -0.2) is 30.2 Å². The van der Waals surface area contributed by atoms with Crippen molar-refractivity contribution in [3.63, 3.8) is 0 Å². The summed E-state index contributed by atoms with van der Waals surface area (Å²) in [6.45, 7) is 0.588. The Bertz CT molecular complexity index is 637. The van der Waals surface area contributed by atoms with Crippen LogP contribution in [0.15, 0.2) is 36.5 Å². The van der Waals surface area contributed by atoms with Crippen LogP contribution in [0.5, 0.6) is 5.75 Å². The van der Waals surface area contributed by atoms with E-state index in [1.54, 1.807) is 31.3 Å². The molecular formula is C14H13ClF3N3O. The van der Waals surface area contributed by atoms with Crippen LogP contribution in [0.3, 0.4) is 0 Å². The predicted molar refractivity (Wildman–Crippen MR) is 77.3 cm³/mol. The molecular weight excluding hydrogens is 319 g/mol. The lowest BCUT2D eigenvalue weighted by Crippen LogP contribution is -2.26. The van der Waals surface area contributed by atoms with E-state index in [0.717, 1.165) is 12.3 Å². The van der Waals surface area contributed by atoms with Crippen LogP contribution in [0.2, 0.25) is 5.02 Å². The summed E-state index contributed by atoms with van der Waals surface area (Å²) in [4.78, 5) is 8.81. The van der Waals surface area contributed by atoms with E-state index in [1.807, 2.05) is 0 Å². The zero-order valence-corrected chi connectivity index (χ0v) is 12.4. The molecule has 0 radical (unpaired) electrons. The number of benzene rings is 1. The fourth-order valence-electron chi connectivity index (χ4n) is 1.65. The van der Waals surface area contributed by atoms with Gasteiger partial charge in [-0.25, -0.2) is 9.97 Å². The summed E-state index contributed by atoms with van der Waals surface area (Å²) in [5, 5.41) is 0.548. The molecule has 1 heterocycles. The molecule has 0 bridgehead atoms. The number of alkyl halides is 3. The largest absolute Gasteiger partial charge is 0.492 e. The van der Waals surface area contributed by atoms with E-state index in [1.165, 1.54) is 4.90 Å². The summed E-state index contributed by atoms with van der Waals surface area (Å²) < 4.78 is 43.3. The number of anilines is 1. The maximum Gasteiger partial charge on any atom is 0.433 e. The lowest BCUT2D eigenvalue weighted by atomic mass is 10.3. The minimum Gasteiger partial charge on any atom is -0.492 e. The van der Waals surface area contributed by atoms with Crippen LogP contribution in [0.1, 0.15) is 5.69 Å². The van der Waals surface area contributed by atoms with Gasteiger partial charge in [0.05, 0.1) is 6.54 Å². The van der Waals surface area contributed by atoms with Crippen LogP contribution in [0, 0.1) is 0 Å². The van der Waals surface area contributed by atoms with Crippen molar-refractivity contribution in [2.24, 2.45) is 0 Å². The minimum absolute atomic E-state index is 0.00970. The molecule has 0 N–H and O–H groups in total. The molecule has 8 heteroatoms.